The van der Waals surface area contributed by atoms with Crippen LogP contribution in [0.5, 0.6) is 11.5 Å². The van der Waals surface area contributed by atoms with Crippen molar-refractivity contribution in [3.8, 4) is 23.0 Å². The van der Waals surface area contributed by atoms with Crippen LogP contribution in [0.3, 0.4) is 0 Å². The lowest BCUT2D eigenvalue weighted by Crippen LogP contribution is -1.92. The van der Waals surface area contributed by atoms with Gasteiger partial charge >= 0.3 is 0 Å². The second-order valence-corrected chi connectivity index (χ2v) is 6.50. The SMILES string of the molecule is Nc1nnc(SCc2nnc(-c3ccc4c(c3)OCO4)o2)s1. The van der Waals surface area contributed by atoms with Crippen LogP contribution < -0.4 is 15.2 Å². The van der Waals surface area contributed by atoms with Crippen LogP contribution in [0.25, 0.3) is 11.5 Å². The van der Waals surface area contributed by atoms with E-state index in [1.807, 2.05) is 18.2 Å². The Labute approximate surface area is 132 Å². The number of thioether (sulfide) groups is 1. The van der Waals surface area contributed by atoms with Crippen LogP contribution in [0.15, 0.2) is 27.0 Å². The van der Waals surface area contributed by atoms with Gasteiger partial charge in [-0.1, -0.05) is 23.1 Å². The van der Waals surface area contributed by atoms with Gasteiger partial charge in [-0.05, 0) is 18.2 Å². The van der Waals surface area contributed by atoms with Crippen molar-refractivity contribution in [1.82, 2.24) is 20.4 Å². The van der Waals surface area contributed by atoms with Gasteiger partial charge in [-0.25, -0.2) is 0 Å². The summed E-state index contributed by atoms with van der Waals surface area (Å²) in [5.41, 5.74) is 6.32. The maximum atomic E-state index is 5.64. The molecular formula is C12H9N5O3S2. The summed E-state index contributed by atoms with van der Waals surface area (Å²) in [5, 5.41) is 16.2. The molecule has 10 heteroatoms. The molecule has 2 N–H and O–H groups in total. The van der Waals surface area contributed by atoms with Gasteiger partial charge in [0.05, 0.1) is 5.75 Å². The molecule has 3 aromatic rings. The summed E-state index contributed by atoms with van der Waals surface area (Å²) in [6.45, 7) is 0.232. The van der Waals surface area contributed by atoms with Gasteiger partial charge < -0.3 is 19.6 Å². The monoisotopic (exact) mass is 335 g/mol. The van der Waals surface area contributed by atoms with Crippen LogP contribution in [0.4, 0.5) is 5.13 Å². The highest BCUT2D eigenvalue weighted by atomic mass is 32.2. The number of rotatable bonds is 4. The molecule has 1 aromatic carbocycles. The van der Waals surface area contributed by atoms with Crippen LogP contribution in [-0.2, 0) is 5.75 Å². The Kier molecular flexibility index (Phi) is 3.31. The van der Waals surface area contributed by atoms with E-state index in [2.05, 4.69) is 20.4 Å². The van der Waals surface area contributed by atoms with E-state index in [-0.39, 0.29) is 6.79 Å². The van der Waals surface area contributed by atoms with Crippen LogP contribution in [0.2, 0.25) is 0 Å². The van der Waals surface area contributed by atoms with Gasteiger partial charge in [0.2, 0.25) is 23.7 Å². The smallest absolute Gasteiger partial charge is 0.247 e. The molecule has 0 fully saturated rings. The van der Waals surface area contributed by atoms with Crippen LogP contribution in [0, 0.1) is 0 Å². The topological polar surface area (TPSA) is 109 Å². The lowest BCUT2D eigenvalue weighted by atomic mass is 10.2. The van der Waals surface area contributed by atoms with Crippen molar-refractivity contribution in [2.45, 2.75) is 10.1 Å². The highest BCUT2D eigenvalue weighted by Gasteiger charge is 2.17. The summed E-state index contributed by atoms with van der Waals surface area (Å²) in [7, 11) is 0. The minimum absolute atomic E-state index is 0.232. The van der Waals surface area contributed by atoms with Crippen molar-refractivity contribution < 1.29 is 13.9 Å². The Balaban J connectivity index is 1.49. The molecule has 8 nitrogen and oxygen atoms in total. The van der Waals surface area contributed by atoms with Gasteiger partial charge in [-0.3, -0.25) is 0 Å². The number of hydrogen-bond donors (Lipinski definition) is 1. The minimum atomic E-state index is 0.232. The van der Waals surface area contributed by atoms with E-state index in [1.54, 1.807) is 0 Å². The van der Waals surface area contributed by atoms with Crippen molar-refractivity contribution in [2.75, 3.05) is 12.5 Å². The van der Waals surface area contributed by atoms with Gasteiger partial charge in [-0.15, -0.1) is 20.4 Å². The maximum Gasteiger partial charge on any atom is 0.247 e. The molecule has 0 amide bonds. The number of nitrogens with zero attached hydrogens (tertiary/aromatic N) is 4. The number of aromatic nitrogens is 4. The van der Waals surface area contributed by atoms with E-state index < -0.39 is 0 Å². The number of hydrogen-bond acceptors (Lipinski definition) is 10. The highest BCUT2D eigenvalue weighted by Crippen LogP contribution is 2.35. The van der Waals surface area contributed by atoms with E-state index in [0.29, 0.717) is 34.2 Å². The number of nitrogen functional groups attached to an aromatic ring is 1. The Morgan fingerprint density at radius 3 is 2.91 bits per heavy atom. The van der Waals surface area contributed by atoms with E-state index in [4.69, 9.17) is 19.6 Å². The summed E-state index contributed by atoms with van der Waals surface area (Å²) >= 11 is 2.77. The van der Waals surface area contributed by atoms with Gasteiger partial charge in [0.15, 0.2) is 15.8 Å². The Morgan fingerprint density at radius 2 is 2.05 bits per heavy atom. The number of anilines is 1. The molecule has 2 aromatic heterocycles. The molecular weight excluding hydrogens is 326 g/mol. The van der Waals surface area contributed by atoms with Crippen LogP contribution >= 0.6 is 23.1 Å². The third-order valence-corrected chi connectivity index (χ3v) is 4.70. The number of benzene rings is 1. The lowest BCUT2D eigenvalue weighted by Gasteiger charge is -1.97. The molecule has 22 heavy (non-hydrogen) atoms. The average Bonchev–Trinajstić information content (AvgIpc) is 3.24. The Bertz CT molecular complexity index is 819. The number of ether oxygens (including phenoxy) is 2. The fraction of sp³-hybridized carbons (Fsp3) is 0.167. The highest BCUT2D eigenvalue weighted by molar-refractivity contribution is 8.00. The molecule has 0 spiro atoms. The third kappa shape index (κ3) is 2.57. The quantitative estimate of drug-likeness (QED) is 0.717. The third-order valence-electron chi connectivity index (χ3n) is 2.83. The van der Waals surface area contributed by atoms with Crippen molar-refractivity contribution in [1.29, 1.82) is 0 Å². The second-order valence-electron chi connectivity index (χ2n) is 4.26. The second kappa shape index (κ2) is 5.46. The standard InChI is InChI=1S/C12H9N5O3S2/c13-11-16-17-12(22-11)21-4-9-14-15-10(20-9)6-1-2-7-8(3-6)19-5-18-7/h1-3H,4-5H2,(H2,13,16). The molecule has 0 aliphatic carbocycles. The largest absolute Gasteiger partial charge is 0.454 e. The molecule has 112 valence electrons. The summed E-state index contributed by atoms with van der Waals surface area (Å²) < 4.78 is 17.0. The molecule has 1 aliphatic heterocycles. The predicted molar refractivity (Wildman–Crippen MR) is 79.7 cm³/mol. The molecule has 4 rings (SSSR count). The van der Waals surface area contributed by atoms with Crippen molar-refractivity contribution in [2.24, 2.45) is 0 Å². The summed E-state index contributed by atoms with van der Waals surface area (Å²) in [4.78, 5) is 0. The maximum absolute atomic E-state index is 5.64. The predicted octanol–water partition coefficient (Wildman–Crippen LogP) is 2.19. The fourth-order valence-electron chi connectivity index (χ4n) is 1.86. The lowest BCUT2D eigenvalue weighted by molar-refractivity contribution is 0.174. The van der Waals surface area contributed by atoms with Crippen molar-refractivity contribution >= 4 is 28.2 Å². The Morgan fingerprint density at radius 1 is 1.14 bits per heavy atom. The number of nitrogens with two attached hydrogens (primary N) is 1. The van der Waals surface area contributed by atoms with Gasteiger partial charge in [-0.2, -0.15) is 0 Å². The molecule has 1 aliphatic rings. The molecule has 0 bridgehead atoms. The van der Waals surface area contributed by atoms with E-state index in [1.165, 1.54) is 23.1 Å². The summed E-state index contributed by atoms with van der Waals surface area (Å²) in [6.07, 6.45) is 0. The average molecular weight is 335 g/mol. The van der Waals surface area contributed by atoms with E-state index >= 15 is 0 Å². The van der Waals surface area contributed by atoms with E-state index in [9.17, 15) is 0 Å². The zero-order valence-electron chi connectivity index (χ0n) is 11.1. The van der Waals surface area contributed by atoms with Crippen LogP contribution in [0.1, 0.15) is 5.89 Å². The van der Waals surface area contributed by atoms with Gasteiger partial charge in [0.1, 0.15) is 0 Å². The van der Waals surface area contributed by atoms with Crippen molar-refractivity contribution in [3.05, 3.63) is 24.1 Å². The fourth-order valence-corrected chi connectivity index (χ4v) is 3.33. The molecule has 3 heterocycles. The zero-order chi connectivity index (χ0) is 14.9. The van der Waals surface area contributed by atoms with Gasteiger partial charge in [0.25, 0.3) is 0 Å². The van der Waals surface area contributed by atoms with Crippen molar-refractivity contribution in [3.63, 3.8) is 0 Å². The van der Waals surface area contributed by atoms with Crippen LogP contribution in [-0.4, -0.2) is 27.2 Å². The van der Waals surface area contributed by atoms with E-state index in [0.717, 1.165) is 9.90 Å². The zero-order valence-corrected chi connectivity index (χ0v) is 12.7. The molecule has 0 saturated heterocycles. The molecule has 0 saturated carbocycles. The summed E-state index contributed by atoms with van der Waals surface area (Å²) in [6, 6.07) is 5.49. The molecule has 0 atom stereocenters. The Hall–Kier alpha value is -2.33. The first-order valence-corrected chi connectivity index (χ1v) is 8.02. The minimum Gasteiger partial charge on any atom is -0.454 e. The first-order chi connectivity index (χ1) is 10.8. The molecule has 0 unspecified atom stereocenters. The summed E-state index contributed by atoms with van der Waals surface area (Å²) in [5.74, 6) is 2.84. The first-order valence-electron chi connectivity index (χ1n) is 6.22. The van der Waals surface area contributed by atoms with Gasteiger partial charge in [0, 0.05) is 5.56 Å². The number of fused-ring (bicyclic) bond motifs is 1. The first kappa shape index (κ1) is 13.3. The normalized spacial score (nSPS) is 12.7. The molecule has 0 radical (unpaired) electrons.